The summed E-state index contributed by atoms with van der Waals surface area (Å²) in [5.41, 5.74) is 1.73. The number of carbonyl (C=O) groups is 2. The van der Waals surface area contributed by atoms with Crippen LogP contribution in [0.1, 0.15) is 18.5 Å². The molecule has 0 spiro atoms. The number of hydrogen-bond donors (Lipinski definition) is 3. The summed E-state index contributed by atoms with van der Waals surface area (Å²) < 4.78 is 4.43. The molecule has 6 nitrogen and oxygen atoms in total. The Morgan fingerprint density at radius 3 is 2.74 bits per heavy atom. The Morgan fingerprint density at radius 1 is 1.37 bits per heavy atom. The van der Waals surface area contributed by atoms with E-state index < -0.39 is 12.0 Å². The molecule has 0 aliphatic carbocycles. The maximum atomic E-state index is 11.5. The molecule has 0 radical (unpaired) electrons. The van der Waals surface area contributed by atoms with Gasteiger partial charge in [-0.15, -0.1) is 0 Å². The highest BCUT2D eigenvalue weighted by atomic mass is 16.5. The van der Waals surface area contributed by atoms with Crippen LogP contribution in [0.15, 0.2) is 24.3 Å². The minimum atomic E-state index is -0.493. The first-order valence-electron chi connectivity index (χ1n) is 5.95. The fourth-order valence-corrected chi connectivity index (χ4v) is 1.45. The number of carbonyl (C=O) groups excluding carboxylic acids is 2. The maximum absolute atomic E-state index is 11.5. The van der Waals surface area contributed by atoms with Crippen molar-refractivity contribution in [3.63, 3.8) is 0 Å². The lowest BCUT2D eigenvalue weighted by Crippen LogP contribution is -2.33. The van der Waals surface area contributed by atoms with Gasteiger partial charge in [0.25, 0.3) is 0 Å². The van der Waals surface area contributed by atoms with Gasteiger partial charge in [-0.05, 0) is 31.7 Å². The fourth-order valence-electron chi connectivity index (χ4n) is 1.45. The summed E-state index contributed by atoms with van der Waals surface area (Å²) in [4.78, 5) is 22.4. The molecule has 1 aromatic carbocycles. The van der Waals surface area contributed by atoms with Crippen molar-refractivity contribution in [2.45, 2.75) is 13.0 Å². The number of urea groups is 1. The van der Waals surface area contributed by atoms with Crippen LogP contribution < -0.4 is 16.0 Å². The molecule has 0 aliphatic rings. The summed E-state index contributed by atoms with van der Waals surface area (Å²) in [6.45, 7) is 1.87. The van der Waals surface area contributed by atoms with Gasteiger partial charge in [-0.3, -0.25) is 4.79 Å². The molecule has 2 amide bonds. The molecular formula is C13H19N3O3. The average Bonchev–Trinajstić information content (AvgIpc) is 2.44. The molecule has 0 saturated carbocycles. The van der Waals surface area contributed by atoms with Crippen LogP contribution in [0.25, 0.3) is 0 Å². The predicted octanol–water partition coefficient (Wildman–Crippen LogP) is 1.26. The minimum absolute atomic E-state index is 0.158. The van der Waals surface area contributed by atoms with Crippen molar-refractivity contribution in [1.82, 2.24) is 10.6 Å². The quantitative estimate of drug-likeness (QED) is 0.700. The topological polar surface area (TPSA) is 79.5 Å². The van der Waals surface area contributed by atoms with E-state index in [1.807, 2.05) is 32.2 Å². The maximum Gasteiger partial charge on any atom is 0.325 e. The summed E-state index contributed by atoms with van der Waals surface area (Å²) in [7, 11) is 3.14. The monoisotopic (exact) mass is 265 g/mol. The van der Waals surface area contributed by atoms with E-state index in [1.165, 1.54) is 7.11 Å². The number of benzene rings is 1. The zero-order valence-electron chi connectivity index (χ0n) is 11.3. The van der Waals surface area contributed by atoms with E-state index in [9.17, 15) is 9.59 Å². The highest BCUT2D eigenvalue weighted by Gasteiger charge is 2.07. The SMILES string of the molecule is CNC(C)c1cccc(NC(=O)NCC(=O)OC)c1. The Morgan fingerprint density at radius 2 is 2.11 bits per heavy atom. The van der Waals surface area contributed by atoms with Crippen molar-refractivity contribution < 1.29 is 14.3 Å². The lowest BCUT2D eigenvalue weighted by Gasteiger charge is -2.12. The largest absolute Gasteiger partial charge is 0.468 e. The Balaban J connectivity index is 2.57. The molecule has 1 aromatic rings. The average molecular weight is 265 g/mol. The summed E-state index contributed by atoms with van der Waals surface area (Å²) in [6, 6.07) is 7.24. The molecule has 0 aliphatic heterocycles. The highest BCUT2D eigenvalue weighted by Crippen LogP contribution is 2.16. The Bertz CT molecular complexity index is 449. The number of anilines is 1. The second-order valence-electron chi connectivity index (χ2n) is 4.02. The van der Waals surface area contributed by atoms with Crippen LogP contribution >= 0.6 is 0 Å². The van der Waals surface area contributed by atoms with Gasteiger partial charge in [0.1, 0.15) is 6.54 Å². The Labute approximate surface area is 112 Å². The minimum Gasteiger partial charge on any atom is -0.468 e. The second-order valence-corrected chi connectivity index (χ2v) is 4.02. The van der Waals surface area contributed by atoms with E-state index >= 15 is 0 Å². The van der Waals surface area contributed by atoms with E-state index in [0.717, 1.165) is 5.56 Å². The summed E-state index contributed by atoms with van der Waals surface area (Å²) in [5.74, 6) is -0.493. The molecular weight excluding hydrogens is 246 g/mol. The molecule has 1 rings (SSSR count). The standard InChI is InChI=1S/C13H19N3O3/c1-9(14-2)10-5-4-6-11(7-10)16-13(18)15-8-12(17)19-3/h4-7,9,14H,8H2,1-3H3,(H2,15,16,18). The van der Waals surface area contributed by atoms with Crippen LogP contribution in [-0.4, -0.2) is 32.7 Å². The van der Waals surface area contributed by atoms with Crippen molar-refractivity contribution in [3.05, 3.63) is 29.8 Å². The van der Waals surface area contributed by atoms with Gasteiger partial charge in [0.05, 0.1) is 7.11 Å². The van der Waals surface area contributed by atoms with E-state index in [-0.39, 0.29) is 12.6 Å². The number of esters is 1. The van der Waals surface area contributed by atoms with Crippen LogP contribution in [0.2, 0.25) is 0 Å². The first kappa shape index (κ1) is 15.0. The Kier molecular flexibility index (Phi) is 5.81. The van der Waals surface area contributed by atoms with E-state index in [2.05, 4.69) is 20.7 Å². The number of methoxy groups -OCH3 is 1. The van der Waals surface area contributed by atoms with Gasteiger partial charge in [-0.2, -0.15) is 0 Å². The smallest absolute Gasteiger partial charge is 0.325 e. The predicted molar refractivity (Wildman–Crippen MR) is 73.0 cm³/mol. The first-order valence-corrected chi connectivity index (χ1v) is 5.95. The molecule has 19 heavy (non-hydrogen) atoms. The van der Waals surface area contributed by atoms with Crippen LogP contribution in [0.3, 0.4) is 0 Å². The van der Waals surface area contributed by atoms with E-state index in [0.29, 0.717) is 5.69 Å². The van der Waals surface area contributed by atoms with Crippen LogP contribution in [0, 0.1) is 0 Å². The number of amides is 2. The van der Waals surface area contributed by atoms with Crippen molar-refractivity contribution in [2.24, 2.45) is 0 Å². The third-order valence-corrected chi connectivity index (χ3v) is 2.70. The lowest BCUT2D eigenvalue weighted by atomic mass is 10.1. The highest BCUT2D eigenvalue weighted by molar-refractivity contribution is 5.91. The van der Waals surface area contributed by atoms with Crippen molar-refractivity contribution in [2.75, 3.05) is 26.0 Å². The van der Waals surface area contributed by atoms with E-state index in [1.54, 1.807) is 6.07 Å². The normalized spacial score (nSPS) is 11.5. The van der Waals surface area contributed by atoms with Gasteiger partial charge in [-0.1, -0.05) is 12.1 Å². The molecule has 3 N–H and O–H groups in total. The molecule has 0 fully saturated rings. The number of ether oxygens (including phenoxy) is 1. The van der Waals surface area contributed by atoms with Gasteiger partial charge in [0.15, 0.2) is 0 Å². The molecule has 104 valence electrons. The zero-order chi connectivity index (χ0) is 14.3. The number of nitrogens with one attached hydrogen (secondary N) is 3. The number of hydrogen-bond acceptors (Lipinski definition) is 4. The molecule has 1 atom stereocenters. The van der Waals surface area contributed by atoms with E-state index in [4.69, 9.17) is 0 Å². The van der Waals surface area contributed by atoms with Crippen molar-refractivity contribution >= 4 is 17.7 Å². The summed E-state index contributed by atoms with van der Waals surface area (Å²) in [6.07, 6.45) is 0. The summed E-state index contributed by atoms with van der Waals surface area (Å²) in [5, 5.41) is 8.18. The van der Waals surface area contributed by atoms with Crippen LogP contribution in [0.4, 0.5) is 10.5 Å². The second kappa shape index (κ2) is 7.38. The van der Waals surface area contributed by atoms with Crippen molar-refractivity contribution in [1.29, 1.82) is 0 Å². The summed E-state index contributed by atoms with van der Waals surface area (Å²) >= 11 is 0. The van der Waals surface area contributed by atoms with Crippen LogP contribution in [-0.2, 0) is 9.53 Å². The number of rotatable bonds is 5. The zero-order valence-corrected chi connectivity index (χ0v) is 11.3. The lowest BCUT2D eigenvalue weighted by molar-refractivity contribution is -0.139. The molecule has 0 aromatic heterocycles. The molecule has 0 saturated heterocycles. The molecule has 0 bridgehead atoms. The molecule has 0 heterocycles. The van der Waals surface area contributed by atoms with Crippen LogP contribution in [0.5, 0.6) is 0 Å². The third kappa shape index (κ3) is 4.97. The van der Waals surface area contributed by atoms with Gasteiger partial charge < -0.3 is 20.7 Å². The molecule has 6 heteroatoms. The first-order chi connectivity index (χ1) is 9.06. The van der Waals surface area contributed by atoms with Gasteiger partial charge in [-0.25, -0.2) is 4.79 Å². The molecule has 1 unspecified atom stereocenters. The third-order valence-electron chi connectivity index (χ3n) is 2.70. The Hall–Kier alpha value is -2.08. The van der Waals surface area contributed by atoms with Gasteiger partial charge in [0.2, 0.25) is 0 Å². The van der Waals surface area contributed by atoms with Gasteiger partial charge >= 0.3 is 12.0 Å². The van der Waals surface area contributed by atoms with Gasteiger partial charge in [0, 0.05) is 11.7 Å². The van der Waals surface area contributed by atoms with Crippen molar-refractivity contribution in [3.8, 4) is 0 Å². The fraction of sp³-hybridized carbons (Fsp3) is 0.385.